The highest BCUT2D eigenvalue weighted by atomic mass is 127. The molecule has 0 unspecified atom stereocenters. The van der Waals surface area contributed by atoms with Gasteiger partial charge in [-0.25, -0.2) is 4.39 Å². The molecule has 4 saturated heterocycles. The van der Waals surface area contributed by atoms with E-state index in [9.17, 15) is 24.8 Å². The Balaban J connectivity index is 0.000000373. The van der Waals surface area contributed by atoms with E-state index in [2.05, 4.69) is 117 Å². The van der Waals surface area contributed by atoms with Crippen molar-refractivity contribution in [2.75, 3.05) is 78.0 Å². The molecule has 4 heterocycles. The molecule has 0 spiro atoms. The maximum absolute atomic E-state index is 13.2. The predicted molar refractivity (Wildman–Crippen MR) is 268 cm³/mol. The van der Waals surface area contributed by atoms with Crippen molar-refractivity contribution in [2.24, 2.45) is 0 Å². The Bertz CT molecular complexity index is 1160. The van der Waals surface area contributed by atoms with E-state index in [0.717, 1.165) is 50.3 Å². The molecule has 336 valence electrons. The summed E-state index contributed by atoms with van der Waals surface area (Å²) < 4.78 is 35.8. The normalized spacial score (nSPS) is 38.9. The third-order valence-corrected chi connectivity index (χ3v) is 19.8. The summed E-state index contributed by atoms with van der Waals surface area (Å²) in [5, 5.41) is 38.7. The number of hydrogen-bond donors (Lipinski definition) is 4. The lowest BCUT2D eigenvalue weighted by Gasteiger charge is -2.18. The van der Waals surface area contributed by atoms with Gasteiger partial charge < -0.3 is 39.4 Å². The minimum atomic E-state index is -1.23. The van der Waals surface area contributed by atoms with E-state index in [4.69, 9.17) is 30.5 Å². The lowest BCUT2D eigenvalue weighted by molar-refractivity contribution is 0.0150. The highest BCUT2D eigenvalue weighted by molar-refractivity contribution is 14.1. The van der Waals surface area contributed by atoms with Crippen molar-refractivity contribution in [3.8, 4) is 0 Å². The number of rotatable bonds is 12. The predicted octanol–water partition coefficient (Wildman–Crippen LogP) is 7.45. The Labute approximate surface area is 369 Å². The standard InChI is InChI=1S/C10H20BrO2P.C10H20ClO2P.C10H20FO2P.C10H20IO2P/c4*1-7-9(11)10(12)8(13-7)5-6-14(2,3)4/h4*7-10,12H,2,5-6H2,1,3-4H3/t4*7-,8+,9-,10+/m0000/s1. The Morgan fingerprint density at radius 2 is 0.839 bits per heavy atom. The van der Waals surface area contributed by atoms with Crippen LogP contribution in [0.25, 0.3) is 0 Å². The maximum atomic E-state index is 13.2. The van der Waals surface area contributed by atoms with E-state index >= 15 is 0 Å². The second-order valence-electron chi connectivity index (χ2n) is 19.1. The zero-order valence-corrected chi connectivity index (χ0v) is 44.5. The summed E-state index contributed by atoms with van der Waals surface area (Å²) in [4.78, 5) is 0.0822. The molecule has 0 aromatic carbocycles. The third kappa shape index (κ3) is 21.1. The van der Waals surface area contributed by atoms with E-state index in [-0.39, 0.29) is 69.1 Å². The molecule has 4 N–H and O–H groups in total. The summed E-state index contributed by atoms with van der Waals surface area (Å²) in [5.41, 5.74) is 0. The maximum Gasteiger partial charge on any atom is 0.154 e. The molecule has 0 aromatic heterocycles. The van der Waals surface area contributed by atoms with Gasteiger partial charge in [-0.3, -0.25) is 0 Å². The van der Waals surface area contributed by atoms with Crippen molar-refractivity contribution >= 4 is 103 Å². The summed E-state index contributed by atoms with van der Waals surface area (Å²) in [6, 6.07) is 0. The van der Waals surface area contributed by atoms with Crippen LogP contribution in [0.5, 0.6) is 0 Å². The van der Waals surface area contributed by atoms with Gasteiger partial charge in [-0.15, -0.1) is 64.3 Å². The molecule has 0 aromatic rings. The molecule has 0 radical (unpaired) electrons. The molecule has 0 amide bonds. The largest absolute Gasteiger partial charge is 0.389 e. The fraction of sp³-hybridized carbons (Fsp3) is 0.900. The average molecular weight is 1070 g/mol. The Kier molecular flexibility index (Phi) is 24.5. The number of alkyl halides is 4. The zero-order valence-electron chi connectivity index (χ0n) is 36.4. The van der Waals surface area contributed by atoms with Crippen LogP contribution in [0.3, 0.4) is 0 Å². The van der Waals surface area contributed by atoms with Crippen molar-refractivity contribution in [3.63, 3.8) is 0 Å². The van der Waals surface area contributed by atoms with Crippen LogP contribution in [0.2, 0.25) is 0 Å². The van der Waals surface area contributed by atoms with Gasteiger partial charge in [-0.05, 0) is 131 Å². The second-order valence-corrected chi connectivity index (χ2v) is 39.3. The molecule has 0 saturated carbocycles. The number of aliphatic hydroxyl groups excluding tert-OH is 4. The summed E-state index contributed by atoms with van der Waals surface area (Å²) >= 11 is 11.7. The minimum Gasteiger partial charge on any atom is -0.389 e. The smallest absolute Gasteiger partial charge is 0.154 e. The van der Waals surface area contributed by atoms with Gasteiger partial charge in [-0.2, -0.15) is 0 Å². The topological polar surface area (TPSA) is 118 Å². The first-order valence-electron chi connectivity index (χ1n) is 19.8. The molecular weight excluding hydrogens is 994 g/mol. The van der Waals surface area contributed by atoms with Gasteiger partial charge in [0, 0.05) is 0 Å². The summed E-state index contributed by atoms with van der Waals surface area (Å²) in [7, 11) is 0. The summed E-state index contributed by atoms with van der Waals surface area (Å²) in [6.45, 7) is 21.0. The van der Waals surface area contributed by atoms with E-state index in [1.54, 1.807) is 6.92 Å². The van der Waals surface area contributed by atoms with E-state index < -0.39 is 52.0 Å². The van der Waals surface area contributed by atoms with Crippen LogP contribution in [0, 0.1) is 0 Å². The van der Waals surface area contributed by atoms with Crippen LogP contribution in [0.4, 0.5) is 4.39 Å². The molecule has 0 aliphatic carbocycles. The number of ether oxygens (including phenoxy) is 4. The van der Waals surface area contributed by atoms with Crippen molar-refractivity contribution in [3.05, 3.63) is 0 Å². The van der Waals surface area contributed by atoms with Crippen molar-refractivity contribution in [1.29, 1.82) is 0 Å². The van der Waals surface area contributed by atoms with Crippen LogP contribution in [0.15, 0.2) is 0 Å². The quantitative estimate of drug-likeness (QED) is 0.0906. The Morgan fingerprint density at radius 3 is 1.09 bits per heavy atom. The first-order valence-corrected chi connectivity index (χ1v) is 34.7. The van der Waals surface area contributed by atoms with Crippen molar-refractivity contribution in [1.82, 2.24) is 0 Å². The molecule has 4 aliphatic rings. The summed E-state index contributed by atoms with van der Waals surface area (Å²) in [5.74, 6) is 0. The first kappa shape index (κ1) is 56.3. The van der Waals surface area contributed by atoms with Gasteiger partial charge in [0.25, 0.3) is 0 Å². The highest BCUT2D eigenvalue weighted by Gasteiger charge is 2.42. The second kappa shape index (κ2) is 24.4. The monoisotopic (exact) mass is 1070 g/mol. The molecule has 4 rings (SSSR count). The van der Waals surface area contributed by atoms with Crippen LogP contribution < -0.4 is 0 Å². The molecule has 8 nitrogen and oxygen atoms in total. The fourth-order valence-electron chi connectivity index (χ4n) is 6.52. The van der Waals surface area contributed by atoms with Gasteiger partial charge in [0.05, 0.1) is 81.3 Å². The van der Waals surface area contributed by atoms with Gasteiger partial charge >= 0.3 is 0 Å². The molecule has 0 bridgehead atoms. The molecule has 16 atom stereocenters. The van der Waals surface area contributed by atoms with Crippen molar-refractivity contribution in [2.45, 2.75) is 147 Å². The van der Waals surface area contributed by atoms with Crippen LogP contribution in [0.1, 0.15) is 53.4 Å². The number of aliphatic hydroxyl groups is 4. The van der Waals surface area contributed by atoms with Gasteiger partial charge in [0.15, 0.2) is 6.17 Å². The van der Waals surface area contributed by atoms with Crippen LogP contribution in [-0.2, 0) is 18.9 Å². The fourth-order valence-corrected chi connectivity index (χ4v) is 11.7. The Morgan fingerprint density at radius 1 is 0.536 bits per heavy atom. The first-order chi connectivity index (χ1) is 25.2. The SMILES string of the molecule is C=P(C)(C)CC[C@H]1O[C@@H](C)[C@H](Br)[C@@H]1O.C=P(C)(C)CC[C@H]1O[C@@H](C)[C@H](Cl)[C@@H]1O.C=P(C)(C)CC[C@H]1O[C@@H](C)[C@H](F)[C@@H]1O.C=P(C)(C)CC[C@H]1O[C@@H](C)[C@H](I)[C@@H]1O. The average Bonchev–Trinajstić information content (AvgIpc) is 3.66. The molecular formula is C40H80BrClFIO8P4. The van der Waals surface area contributed by atoms with Gasteiger partial charge in [-0.1, -0.05) is 38.5 Å². The Hall–Kier alpha value is 2.31. The highest BCUT2D eigenvalue weighted by Crippen LogP contribution is 2.41. The van der Waals surface area contributed by atoms with E-state index in [1.165, 1.54) is 0 Å². The van der Waals surface area contributed by atoms with Crippen LogP contribution in [-0.4, -0.2) is 217 Å². The third-order valence-electron chi connectivity index (χ3n) is 10.3. The molecule has 4 fully saturated rings. The lowest BCUT2D eigenvalue weighted by atomic mass is 10.1. The molecule has 4 aliphatic heterocycles. The number of halogens is 4. The lowest BCUT2D eigenvalue weighted by Crippen LogP contribution is -2.28. The molecule has 16 heteroatoms. The number of hydrogen-bond acceptors (Lipinski definition) is 8. The van der Waals surface area contributed by atoms with E-state index in [1.807, 2.05) is 20.8 Å². The van der Waals surface area contributed by atoms with Gasteiger partial charge in [0.1, 0.15) is 6.10 Å². The zero-order chi connectivity index (χ0) is 43.7. The summed E-state index contributed by atoms with van der Waals surface area (Å²) in [6.07, 6.45) is 20.2. The van der Waals surface area contributed by atoms with Gasteiger partial charge in [0.2, 0.25) is 0 Å². The minimum absolute atomic E-state index is 0.00426. The molecule has 56 heavy (non-hydrogen) atoms. The van der Waals surface area contributed by atoms with Crippen LogP contribution >= 0.6 is 77.7 Å². The van der Waals surface area contributed by atoms with E-state index in [0.29, 0.717) is 0 Å². The van der Waals surface area contributed by atoms with Crippen molar-refractivity contribution < 1.29 is 43.8 Å².